The van der Waals surface area contributed by atoms with E-state index >= 15 is 0 Å². The predicted molar refractivity (Wildman–Crippen MR) is 77.4 cm³/mol. The Bertz CT molecular complexity index is 458. The number of anilines is 1. The minimum Gasteiger partial charge on any atom is -0.371 e. The Kier molecular flexibility index (Phi) is 4.55. The highest BCUT2D eigenvalue weighted by molar-refractivity contribution is 5.93. The van der Waals surface area contributed by atoms with Crippen LogP contribution in [-0.2, 0) is 0 Å². The van der Waals surface area contributed by atoms with E-state index in [1.165, 1.54) is 12.8 Å². The summed E-state index contributed by atoms with van der Waals surface area (Å²) in [4.78, 5) is 18.3. The molecule has 0 radical (unpaired) electrons. The van der Waals surface area contributed by atoms with Crippen LogP contribution in [0.1, 0.15) is 30.3 Å². The van der Waals surface area contributed by atoms with Crippen LogP contribution >= 0.6 is 0 Å². The van der Waals surface area contributed by atoms with E-state index in [1.54, 1.807) is 12.3 Å². The molecule has 2 heterocycles. The molecular weight excluding hydrogens is 238 g/mol. The summed E-state index contributed by atoms with van der Waals surface area (Å²) in [5.41, 5.74) is 1.56. The molecule has 1 N–H and O–H groups in total. The first kappa shape index (κ1) is 13.6. The van der Waals surface area contributed by atoms with Crippen molar-refractivity contribution >= 4 is 11.6 Å². The smallest absolute Gasteiger partial charge is 0.270 e. The van der Waals surface area contributed by atoms with Gasteiger partial charge in [0.25, 0.3) is 5.91 Å². The van der Waals surface area contributed by atoms with E-state index in [2.05, 4.69) is 28.7 Å². The Morgan fingerprint density at radius 1 is 1.68 bits per heavy atom. The fourth-order valence-corrected chi connectivity index (χ4v) is 2.42. The first-order chi connectivity index (χ1) is 9.20. The van der Waals surface area contributed by atoms with Crippen molar-refractivity contribution in [2.24, 2.45) is 5.92 Å². The maximum Gasteiger partial charge on any atom is 0.270 e. The maximum absolute atomic E-state index is 11.9. The van der Waals surface area contributed by atoms with Crippen LogP contribution < -0.4 is 10.2 Å². The molecule has 4 heteroatoms. The molecule has 4 nitrogen and oxygen atoms in total. The molecule has 1 aromatic heterocycles. The Balaban J connectivity index is 2.10. The normalized spacial score (nSPS) is 19.0. The molecule has 0 aliphatic carbocycles. The number of hydrogen-bond donors (Lipinski definition) is 1. The lowest BCUT2D eigenvalue weighted by molar-refractivity contribution is 0.0953. The Labute approximate surface area is 114 Å². The van der Waals surface area contributed by atoms with E-state index < -0.39 is 0 Å². The summed E-state index contributed by atoms with van der Waals surface area (Å²) in [6.45, 7) is 8.43. The van der Waals surface area contributed by atoms with E-state index in [1.807, 2.05) is 12.1 Å². The quantitative estimate of drug-likeness (QED) is 0.843. The summed E-state index contributed by atoms with van der Waals surface area (Å²) >= 11 is 0. The third-order valence-corrected chi connectivity index (χ3v) is 3.41. The molecule has 1 amide bonds. The number of carbonyl (C=O) groups is 1. The molecule has 102 valence electrons. The van der Waals surface area contributed by atoms with Crippen LogP contribution in [-0.4, -0.2) is 30.5 Å². The average Bonchev–Trinajstić information content (AvgIpc) is 2.45. The summed E-state index contributed by atoms with van der Waals surface area (Å²) in [6, 6.07) is 3.85. The van der Waals surface area contributed by atoms with Crippen LogP contribution in [0.5, 0.6) is 0 Å². The molecule has 0 bridgehead atoms. The van der Waals surface area contributed by atoms with Gasteiger partial charge in [-0.15, -0.1) is 6.58 Å². The van der Waals surface area contributed by atoms with Crippen molar-refractivity contribution in [1.29, 1.82) is 0 Å². The van der Waals surface area contributed by atoms with Gasteiger partial charge < -0.3 is 10.2 Å². The number of hydrogen-bond acceptors (Lipinski definition) is 3. The van der Waals surface area contributed by atoms with E-state index in [0.717, 1.165) is 18.8 Å². The summed E-state index contributed by atoms with van der Waals surface area (Å²) in [7, 11) is 0. The van der Waals surface area contributed by atoms with Crippen molar-refractivity contribution in [3.05, 3.63) is 36.7 Å². The fraction of sp³-hybridized carbons (Fsp3) is 0.467. The van der Waals surface area contributed by atoms with Crippen LogP contribution in [0.15, 0.2) is 31.0 Å². The zero-order valence-corrected chi connectivity index (χ0v) is 11.4. The van der Waals surface area contributed by atoms with Gasteiger partial charge in [0, 0.05) is 31.5 Å². The van der Waals surface area contributed by atoms with Gasteiger partial charge in [-0.1, -0.05) is 13.0 Å². The minimum atomic E-state index is -0.146. The van der Waals surface area contributed by atoms with Crippen molar-refractivity contribution in [3.8, 4) is 0 Å². The van der Waals surface area contributed by atoms with Gasteiger partial charge in [-0.05, 0) is 30.9 Å². The molecular formula is C15H21N3O. The van der Waals surface area contributed by atoms with Gasteiger partial charge in [-0.3, -0.25) is 9.78 Å². The standard InChI is InChI=1S/C15H21N3O/c1-3-7-17-15(19)14-10-13(6-8-16-14)18-9-4-5-12(2)11-18/h3,6,8,10,12H,1,4-5,7,9,11H2,2H3,(H,17,19). The second-order valence-electron chi connectivity index (χ2n) is 5.09. The van der Waals surface area contributed by atoms with Crippen LogP contribution in [0.3, 0.4) is 0 Å². The zero-order valence-electron chi connectivity index (χ0n) is 11.4. The van der Waals surface area contributed by atoms with Crippen molar-refractivity contribution in [2.45, 2.75) is 19.8 Å². The van der Waals surface area contributed by atoms with Gasteiger partial charge in [0.2, 0.25) is 0 Å². The second-order valence-corrected chi connectivity index (χ2v) is 5.09. The van der Waals surface area contributed by atoms with Gasteiger partial charge in [0.15, 0.2) is 0 Å². The maximum atomic E-state index is 11.9. The molecule has 19 heavy (non-hydrogen) atoms. The van der Waals surface area contributed by atoms with Crippen LogP contribution in [0.2, 0.25) is 0 Å². The number of nitrogens with one attached hydrogen (secondary N) is 1. The lowest BCUT2D eigenvalue weighted by Gasteiger charge is -2.32. The summed E-state index contributed by atoms with van der Waals surface area (Å²) in [5, 5.41) is 2.75. The van der Waals surface area contributed by atoms with E-state index in [4.69, 9.17) is 0 Å². The highest BCUT2D eigenvalue weighted by Crippen LogP contribution is 2.22. The third kappa shape index (κ3) is 3.56. The van der Waals surface area contributed by atoms with Gasteiger partial charge >= 0.3 is 0 Å². The third-order valence-electron chi connectivity index (χ3n) is 3.41. The summed E-state index contributed by atoms with van der Waals surface area (Å²) in [5.74, 6) is 0.562. The van der Waals surface area contributed by atoms with E-state index in [9.17, 15) is 4.79 Å². The van der Waals surface area contributed by atoms with Gasteiger partial charge in [-0.25, -0.2) is 0 Å². The molecule has 1 saturated heterocycles. The molecule has 2 rings (SSSR count). The summed E-state index contributed by atoms with van der Waals surface area (Å²) in [6.07, 6.45) is 5.86. The lowest BCUT2D eigenvalue weighted by Crippen LogP contribution is -2.34. The van der Waals surface area contributed by atoms with Crippen LogP contribution in [0.4, 0.5) is 5.69 Å². The predicted octanol–water partition coefficient (Wildman–Crippen LogP) is 2.23. The Morgan fingerprint density at radius 2 is 2.53 bits per heavy atom. The number of nitrogens with zero attached hydrogens (tertiary/aromatic N) is 2. The molecule has 0 aromatic carbocycles. The van der Waals surface area contributed by atoms with E-state index in [0.29, 0.717) is 18.2 Å². The number of carbonyl (C=O) groups excluding carboxylic acids is 1. The number of rotatable bonds is 4. The largest absolute Gasteiger partial charge is 0.371 e. The van der Waals surface area contributed by atoms with Crippen molar-refractivity contribution in [3.63, 3.8) is 0 Å². The molecule has 0 spiro atoms. The summed E-state index contributed by atoms with van der Waals surface area (Å²) < 4.78 is 0. The van der Waals surface area contributed by atoms with Crippen LogP contribution in [0.25, 0.3) is 0 Å². The molecule has 1 unspecified atom stereocenters. The van der Waals surface area contributed by atoms with Gasteiger partial charge in [0.05, 0.1) is 0 Å². The van der Waals surface area contributed by atoms with Gasteiger partial charge in [-0.2, -0.15) is 0 Å². The zero-order chi connectivity index (χ0) is 13.7. The molecule has 1 atom stereocenters. The SMILES string of the molecule is C=CCNC(=O)c1cc(N2CCCC(C)C2)ccn1. The highest BCUT2D eigenvalue weighted by Gasteiger charge is 2.17. The lowest BCUT2D eigenvalue weighted by atomic mass is 10.00. The number of aromatic nitrogens is 1. The van der Waals surface area contributed by atoms with Crippen molar-refractivity contribution in [1.82, 2.24) is 10.3 Å². The first-order valence-electron chi connectivity index (χ1n) is 6.81. The van der Waals surface area contributed by atoms with Crippen molar-refractivity contribution < 1.29 is 4.79 Å². The van der Waals surface area contributed by atoms with Crippen LogP contribution in [0, 0.1) is 5.92 Å². The molecule has 1 aromatic rings. The Morgan fingerprint density at radius 3 is 3.26 bits per heavy atom. The molecule has 1 fully saturated rings. The molecule has 1 aliphatic rings. The second kappa shape index (κ2) is 6.36. The number of amides is 1. The highest BCUT2D eigenvalue weighted by atomic mass is 16.1. The fourth-order valence-electron chi connectivity index (χ4n) is 2.42. The minimum absolute atomic E-state index is 0.146. The topological polar surface area (TPSA) is 45.2 Å². The van der Waals surface area contributed by atoms with Crippen molar-refractivity contribution in [2.75, 3.05) is 24.5 Å². The molecule has 1 aliphatic heterocycles. The Hall–Kier alpha value is -1.84. The monoisotopic (exact) mass is 259 g/mol. The van der Waals surface area contributed by atoms with Gasteiger partial charge in [0.1, 0.15) is 5.69 Å². The first-order valence-corrected chi connectivity index (χ1v) is 6.81. The number of pyridine rings is 1. The molecule has 0 saturated carbocycles. The number of piperidine rings is 1. The van der Waals surface area contributed by atoms with E-state index in [-0.39, 0.29) is 5.91 Å². The average molecular weight is 259 g/mol.